The molecule has 3 heteroatoms. The minimum absolute atomic E-state index is 0.576. The number of benzene rings is 1. The first-order chi connectivity index (χ1) is 8.69. The second kappa shape index (κ2) is 6.48. The number of aryl methyl sites for hydroxylation is 1. The van der Waals surface area contributed by atoms with Gasteiger partial charge in [0.25, 0.3) is 0 Å². The summed E-state index contributed by atoms with van der Waals surface area (Å²) in [6.45, 7) is 2.66. The highest BCUT2D eigenvalue weighted by Gasteiger charge is 2.18. The molecule has 1 saturated carbocycles. The van der Waals surface area contributed by atoms with Crippen molar-refractivity contribution in [1.82, 2.24) is 0 Å². The summed E-state index contributed by atoms with van der Waals surface area (Å²) < 4.78 is 12.2. The number of rotatable bonds is 5. The van der Waals surface area contributed by atoms with E-state index >= 15 is 0 Å². The molecule has 0 aliphatic heterocycles. The summed E-state index contributed by atoms with van der Waals surface area (Å²) in [6.07, 6.45) is 5.20. The lowest BCUT2D eigenvalue weighted by molar-refractivity contribution is 0.604. The van der Waals surface area contributed by atoms with Gasteiger partial charge in [0.1, 0.15) is 0 Å². The lowest BCUT2D eigenvalue weighted by Gasteiger charge is -2.11. The Bertz CT molecular complexity index is 425. The van der Waals surface area contributed by atoms with E-state index in [1.807, 2.05) is 0 Å². The van der Waals surface area contributed by atoms with Crippen molar-refractivity contribution in [2.45, 2.75) is 44.9 Å². The quantitative estimate of drug-likeness (QED) is 0.889. The van der Waals surface area contributed by atoms with E-state index in [2.05, 4.69) is 25.1 Å². The average molecular weight is 265 g/mol. The predicted octanol–water partition coefficient (Wildman–Crippen LogP) is 2.89. The zero-order valence-corrected chi connectivity index (χ0v) is 12.0. The highest BCUT2D eigenvalue weighted by atomic mass is 32.2. The molecule has 1 aliphatic carbocycles. The van der Waals surface area contributed by atoms with E-state index in [4.69, 9.17) is 5.73 Å². The first-order valence-corrected chi connectivity index (χ1v) is 8.31. The predicted molar refractivity (Wildman–Crippen MR) is 77.7 cm³/mol. The fourth-order valence-electron chi connectivity index (χ4n) is 2.72. The molecule has 1 fully saturated rings. The Morgan fingerprint density at radius 3 is 2.67 bits per heavy atom. The fourth-order valence-corrected chi connectivity index (χ4v) is 4.37. The van der Waals surface area contributed by atoms with Crippen LogP contribution in [0, 0.1) is 12.8 Å². The van der Waals surface area contributed by atoms with Crippen molar-refractivity contribution in [3.63, 3.8) is 0 Å². The van der Waals surface area contributed by atoms with Crippen LogP contribution in [0.1, 0.15) is 42.4 Å². The molecule has 1 aliphatic rings. The molecule has 2 nitrogen and oxygen atoms in total. The standard InChI is InChI=1S/C15H23NOS/c1-12-8-14(9-16)6-7-15(12)11-18(17)10-13-4-2-3-5-13/h6-8,13H,2-5,9-11,16H2,1H3. The van der Waals surface area contributed by atoms with Gasteiger partial charge in [0.2, 0.25) is 0 Å². The molecule has 2 rings (SSSR count). The maximum absolute atomic E-state index is 12.2. The van der Waals surface area contributed by atoms with Gasteiger partial charge in [0.05, 0.1) is 0 Å². The van der Waals surface area contributed by atoms with Crippen molar-refractivity contribution in [2.75, 3.05) is 5.75 Å². The van der Waals surface area contributed by atoms with Gasteiger partial charge in [-0.1, -0.05) is 31.0 Å². The van der Waals surface area contributed by atoms with Gasteiger partial charge in [-0.2, -0.15) is 0 Å². The number of hydrogen-bond donors (Lipinski definition) is 1. The maximum atomic E-state index is 12.2. The summed E-state index contributed by atoms with van der Waals surface area (Å²) in [5.74, 6) is 2.29. The third kappa shape index (κ3) is 3.66. The van der Waals surface area contributed by atoms with E-state index in [1.54, 1.807) is 0 Å². The van der Waals surface area contributed by atoms with Gasteiger partial charge < -0.3 is 5.73 Å². The van der Waals surface area contributed by atoms with Crippen molar-refractivity contribution in [1.29, 1.82) is 0 Å². The van der Waals surface area contributed by atoms with Crippen molar-refractivity contribution < 1.29 is 4.21 Å². The Morgan fingerprint density at radius 2 is 2.06 bits per heavy atom. The van der Waals surface area contributed by atoms with Crippen LogP contribution in [0.4, 0.5) is 0 Å². The largest absolute Gasteiger partial charge is 0.326 e. The van der Waals surface area contributed by atoms with Crippen molar-refractivity contribution in [3.05, 3.63) is 34.9 Å². The lowest BCUT2D eigenvalue weighted by Crippen LogP contribution is -2.10. The lowest BCUT2D eigenvalue weighted by atomic mass is 10.1. The van der Waals surface area contributed by atoms with Crippen LogP contribution in [0.2, 0.25) is 0 Å². The van der Waals surface area contributed by atoms with E-state index < -0.39 is 10.8 Å². The molecular formula is C15H23NOS. The van der Waals surface area contributed by atoms with Gasteiger partial charge in [-0.3, -0.25) is 4.21 Å². The summed E-state index contributed by atoms with van der Waals surface area (Å²) >= 11 is 0. The Balaban J connectivity index is 1.93. The van der Waals surface area contributed by atoms with Crippen LogP contribution in [-0.2, 0) is 23.1 Å². The average Bonchev–Trinajstić information content (AvgIpc) is 2.84. The SMILES string of the molecule is Cc1cc(CN)ccc1CS(=O)CC1CCCC1. The van der Waals surface area contributed by atoms with Crippen LogP contribution in [0.3, 0.4) is 0 Å². The van der Waals surface area contributed by atoms with E-state index in [0.29, 0.717) is 18.2 Å². The molecule has 0 heterocycles. The van der Waals surface area contributed by atoms with Gasteiger partial charge in [-0.25, -0.2) is 0 Å². The van der Waals surface area contributed by atoms with Gasteiger partial charge >= 0.3 is 0 Å². The van der Waals surface area contributed by atoms with Crippen molar-refractivity contribution in [2.24, 2.45) is 11.7 Å². The van der Waals surface area contributed by atoms with Crippen LogP contribution >= 0.6 is 0 Å². The highest BCUT2D eigenvalue weighted by Crippen LogP contribution is 2.26. The molecular weight excluding hydrogens is 242 g/mol. The summed E-state index contributed by atoms with van der Waals surface area (Å²) in [5.41, 5.74) is 9.20. The molecule has 0 bridgehead atoms. The molecule has 18 heavy (non-hydrogen) atoms. The van der Waals surface area contributed by atoms with Crippen LogP contribution in [0.5, 0.6) is 0 Å². The molecule has 1 atom stereocenters. The van der Waals surface area contributed by atoms with Crippen LogP contribution in [0.15, 0.2) is 18.2 Å². The van der Waals surface area contributed by atoms with Gasteiger partial charge in [-0.15, -0.1) is 0 Å². The Kier molecular flexibility index (Phi) is 4.95. The summed E-state index contributed by atoms with van der Waals surface area (Å²) in [6, 6.07) is 6.25. The first kappa shape index (κ1) is 13.8. The van der Waals surface area contributed by atoms with Crippen molar-refractivity contribution >= 4 is 10.8 Å². The summed E-state index contributed by atoms with van der Waals surface area (Å²) in [4.78, 5) is 0. The zero-order chi connectivity index (χ0) is 13.0. The van der Waals surface area contributed by atoms with Crippen molar-refractivity contribution in [3.8, 4) is 0 Å². The van der Waals surface area contributed by atoms with E-state index in [9.17, 15) is 4.21 Å². The normalized spacial score (nSPS) is 18.1. The Hall–Kier alpha value is -0.670. The summed E-state index contributed by atoms with van der Waals surface area (Å²) in [5, 5.41) is 0. The topological polar surface area (TPSA) is 43.1 Å². The second-order valence-corrected chi connectivity index (χ2v) is 6.87. The monoisotopic (exact) mass is 265 g/mol. The number of hydrogen-bond acceptors (Lipinski definition) is 2. The summed E-state index contributed by atoms with van der Waals surface area (Å²) in [7, 11) is -0.711. The zero-order valence-electron chi connectivity index (χ0n) is 11.2. The van der Waals surface area contributed by atoms with Crippen LogP contribution < -0.4 is 5.73 Å². The molecule has 100 valence electrons. The third-order valence-electron chi connectivity index (χ3n) is 3.86. The molecule has 1 aromatic rings. The molecule has 1 unspecified atom stereocenters. The van der Waals surface area contributed by atoms with E-state index in [0.717, 1.165) is 11.3 Å². The number of nitrogens with two attached hydrogens (primary N) is 1. The Morgan fingerprint density at radius 1 is 1.33 bits per heavy atom. The molecule has 0 amide bonds. The van der Waals surface area contributed by atoms with Crippen LogP contribution in [-0.4, -0.2) is 9.96 Å². The molecule has 2 N–H and O–H groups in total. The van der Waals surface area contributed by atoms with Gasteiger partial charge in [0, 0.05) is 28.9 Å². The van der Waals surface area contributed by atoms with Gasteiger partial charge in [-0.05, 0) is 42.4 Å². The highest BCUT2D eigenvalue weighted by molar-refractivity contribution is 7.84. The molecule has 0 spiro atoms. The van der Waals surface area contributed by atoms with Crippen LogP contribution in [0.25, 0.3) is 0 Å². The molecule has 1 aromatic carbocycles. The third-order valence-corrected chi connectivity index (χ3v) is 5.33. The smallest absolute Gasteiger partial charge is 0.0488 e. The maximum Gasteiger partial charge on any atom is 0.0488 e. The minimum atomic E-state index is -0.711. The fraction of sp³-hybridized carbons (Fsp3) is 0.600. The molecule has 0 aromatic heterocycles. The molecule has 0 radical (unpaired) electrons. The molecule has 0 saturated heterocycles. The van der Waals surface area contributed by atoms with E-state index in [-0.39, 0.29) is 0 Å². The Labute approximate surface area is 112 Å². The van der Waals surface area contributed by atoms with E-state index in [1.165, 1.54) is 36.8 Å². The second-order valence-electron chi connectivity index (χ2n) is 5.37. The minimum Gasteiger partial charge on any atom is -0.326 e. The van der Waals surface area contributed by atoms with Gasteiger partial charge in [0.15, 0.2) is 0 Å². The first-order valence-electron chi connectivity index (χ1n) is 6.82.